The summed E-state index contributed by atoms with van der Waals surface area (Å²) in [5.74, 6) is 1.45. The molecule has 10 heteroatoms. The zero-order chi connectivity index (χ0) is 24.8. The first kappa shape index (κ1) is 25.0. The Balaban J connectivity index is 1.35. The van der Waals surface area contributed by atoms with Crippen LogP contribution in [-0.4, -0.2) is 31.4 Å². The summed E-state index contributed by atoms with van der Waals surface area (Å²) in [4.78, 5) is 17.0. The number of benzene rings is 2. The Morgan fingerprint density at radius 1 is 1.20 bits per heavy atom. The van der Waals surface area contributed by atoms with Gasteiger partial charge in [0, 0.05) is 22.5 Å². The maximum Gasteiger partial charge on any atom is 0.236 e. The van der Waals surface area contributed by atoms with E-state index < -0.39 is 0 Å². The molecule has 0 aliphatic carbocycles. The quantitative estimate of drug-likeness (QED) is 0.197. The molecule has 0 fully saturated rings. The fourth-order valence-corrected chi connectivity index (χ4v) is 5.01. The number of rotatable bonds is 10. The van der Waals surface area contributed by atoms with Gasteiger partial charge in [-0.15, -0.1) is 28.1 Å². The number of aromatic nitrogens is 4. The van der Waals surface area contributed by atoms with Crippen molar-refractivity contribution in [3.63, 3.8) is 0 Å². The largest absolute Gasteiger partial charge is 0.486 e. The van der Waals surface area contributed by atoms with E-state index in [4.69, 9.17) is 16.3 Å². The maximum atomic E-state index is 12.5. The van der Waals surface area contributed by atoms with E-state index in [0.29, 0.717) is 27.7 Å². The van der Waals surface area contributed by atoms with Gasteiger partial charge in [-0.3, -0.25) is 9.36 Å². The molecule has 0 unspecified atom stereocenters. The zero-order valence-electron chi connectivity index (χ0n) is 19.3. The Hall–Kier alpha value is -3.14. The first-order valence-electron chi connectivity index (χ1n) is 10.8. The van der Waals surface area contributed by atoms with E-state index in [1.807, 2.05) is 60.2 Å². The molecule has 7 nitrogen and oxygen atoms in total. The molecule has 2 aromatic carbocycles. The van der Waals surface area contributed by atoms with Crippen LogP contribution in [0.1, 0.15) is 17.0 Å². The standard InChI is InChI=1S/C25H24ClN5O2S2/c1-4-9-31-22(13-33-20-11-16(2)10-17(3)12-20)29-30-25(31)35-15-23(32)28-24-27-21(14-34-24)18-5-7-19(26)8-6-18/h4-8,10-12,14H,1,9,13,15H2,2-3H3,(H,27,28,32). The third kappa shape index (κ3) is 6.72. The van der Waals surface area contributed by atoms with E-state index in [1.54, 1.807) is 6.08 Å². The van der Waals surface area contributed by atoms with E-state index in [2.05, 4.69) is 33.1 Å². The third-order valence-corrected chi connectivity index (χ3v) is 6.87. The molecule has 2 heterocycles. The molecule has 4 rings (SSSR count). The van der Waals surface area contributed by atoms with Crippen LogP contribution >= 0.6 is 34.7 Å². The van der Waals surface area contributed by atoms with Gasteiger partial charge in [-0.05, 0) is 49.2 Å². The van der Waals surface area contributed by atoms with Crippen LogP contribution in [0.3, 0.4) is 0 Å². The first-order valence-corrected chi connectivity index (χ1v) is 13.0. The molecule has 2 aromatic heterocycles. The average Bonchev–Trinajstić information content (AvgIpc) is 3.43. The van der Waals surface area contributed by atoms with Gasteiger partial charge in [0.25, 0.3) is 0 Å². The molecule has 35 heavy (non-hydrogen) atoms. The minimum absolute atomic E-state index is 0.170. The number of aryl methyl sites for hydroxylation is 2. The second-order valence-electron chi connectivity index (χ2n) is 7.79. The van der Waals surface area contributed by atoms with Gasteiger partial charge in [0.1, 0.15) is 12.4 Å². The summed E-state index contributed by atoms with van der Waals surface area (Å²) < 4.78 is 7.84. The van der Waals surface area contributed by atoms with Gasteiger partial charge in [-0.25, -0.2) is 4.98 Å². The molecular weight excluding hydrogens is 502 g/mol. The van der Waals surface area contributed by atoms with Crippen molar-refractivity contribution in [3.05, 3.63) is 82.5 Å². The number of hydrogen-bond donors (Lipinski definition) is 1. The fraction of sp³-hybridized carbons (Fsp3) is 0.200. The number of thioether (sulfide) groups is 1. The van der Waals surface area contributed by atoms with Gasteiger partial charge in [0.2, 0.25) is 5.91 Å². The molecule has 1 amide bonds. The van der Waals surface area contributed by atoms with Crippen LogP contribution in [0.5, 0.6) is 5.75 Å². The number of carbonyl (C=O) groups is 1. The number of halogens is 1. The van der Waals surface area contributed by atoms with Crippen molar-refractivity contribution in [2.45, 2.75) is 32.2 Å². The van der Waals surface area contributed by atoms with E-state index >= 15 is 0 Å². The lowest BCUT2D eigenvalue weighted by Gasteiger charge is -2.10. The number of allylic oxidation sites excluding steroid dienone is 1. The minimum atomic E-state index is -0.173. The highest BCUT2D eigenvalue weighted by Crippen LogP contribution is 2.26. The lowest BCUT2D eigenvalue weighted by atomic mass is 10.1. The van der Waals surface area contributed by atoms with E-state index in [-0.39, 0.29) is 18.3 Å². The maximum absolute atomic E-state index is 12.5. The van der Waals surface area contributed by atoms with Crippen molar-refractivity contribution >= 4 is 45.7 Å². The molecule has 0 spiro atoms. The van der Waals surface area contributed by atoms with Gasteiger partial charge in [0.15, 0.2) is 16.1 Å². The summed E-state index contributed by atoms with van der Waals surface area (Å²) in [7, 11) is 0. The zero-order valence-corrected chi connectivity index (χ0v) is 21.7. The lowest BCUT2D eigenvalue weighted by Crippen LogP contribution is -2.15. The van der Waals surface area contributed by atoms with Crippen molar-refractivity contribution in [2.24, 2.45) is 0 Å². The average molecular weight is 526 g/mol. The van der Waals surface area contributed by atoms with Crippen LogP contribution in [0, 0.1) is 13.8 Å². The summed E-state index contributed by atoms with van der Waals surface area (Å²) >= 11 is 8.62. The highest BCUT2D eigenvalue weighted by atomic mass is 35.5. The Kier molecular flexibility index (Phi) is 8.22. The number of nitrogens with one attached hydrogen (secondary N) is 1. The molecule has 180 valence electrons. The molecule has 0 bridgehead atoms. The Labute approximate surface area is 217 Å². The molecular formula is C25H24ClN5O2S2. The fourth-order valence-electron chi connectivity index (χ4n) is 3.38. The minimum Gasteiger partial charge on any atom is -0.486 e. The van der Waals surface area contributed by atoms with Gasteiger partial charge in [0.05, 0.1) is 11.4 Å². The molecule has 0 saturated carbocycles. The van der Waals surface area contributed by atoms with Gasteiger partial charge in [-0.1, -0.05) is 47.6 Å². The van der Waals surface area contributed by atoms with Gasteiger partial charge < -0.3 is 10.1 Å². The van der Waals surface area contributed by atoms with Crippen molar-refractivity contribution in [1.29, 1.82) is 0 Å². The van der Waals surface area contributed by atoms with Crippen molar-refractivity contribution in [2.75, 3.05) is 11.1 Å². The smallest absolute Gasteiger partial charge is 0.236 e. The summed E-state index contributed by atoms with van der Waals surface area (Å²) in [6.45, 7) is 8.67. The molecule has 0 saturated heterocycles. The molecule has 0 aliphatic heterocycles. The number of thiazole rings is 1. The van der Waals surface area contributed by atoms with Crippen LogP contribution in [0.25, 0.3) is 11.3 Å². The third-order valence-electron chi connectivity index (χ3n) is 4.89. The summed E-state index contributed by atoms with van der Waals surface area (Å²) in [6.07, 6.45) is 1.77. The monoisotopic (exact) mass is 525 g/mol. The van der Waals surface area contributed by atoms with Crippen LogP contribution in [0.15, 0.2) is 65.7 Å². The summed E-state index contributed by atoms with van der Waals surface area (Å²) in [6, 6.07) is 13.5. The Morgan fingerprint density at radius 2 is 1.94 bits per heavy atom. The normalized spacial score (nSPS) is 10.8. The number of amides is 1. The number of hydrogen-bond acceptors (Lipinski definition) is 7. The van der Waals surface area contributed by atoms with Crippen molar-refractivity contribution in [1.82, 2.24) is 19.7 Å². The van der Waals surface area contributed by atoms with E-state index in [9.17, 15) is 4.79 Å². The molecule has 4 aromatic rings. The van der Waals surface area contributed by atoms with Gasteiger partial charge >= 0.3 is 0 Å². The van der Waals surface area contributed by atoms with E-state index in [0.717, 1.165) is 28.1 Å². The van der Waals surface area contributed by atoms with Crippen LogP contribution in [-0.2, 0) is 17.9 Å². The predicted octanol–water partition coefficient (Wildman–Crippen LogP) is 6.17. The summed E-state index contributed by atoms with van der Waals surface area (Å²) in [5, 5.41) is 15.1. The van der Waals surface area contributed by atoms with Crippen LogP contribution < -0.4 is 10.1 Å². The highest BCUT2D eigenvalue weighted by molar-refractivity contribution is 7.99. The predicted molar refractivity (Wildman–Crippen MR) is 142 cm³/mol. The number of nitrogens with zero attached hydrogens (tertiary/aromatic N) is 4. The van der Waals surface area contributed by atoms with Crippen molar-refractivity contribution in [3.8, 4) is 17.0 Å². The lowest BCUT2D eigenvalue weighted by molar-refractivity contribution is -0.113. The van der Waals surface area contributed by atoms with Gasteiger partial charge in [-0.2, -0.15) is 0 Å². The second kappa shape index (κ2) is 11.5. The van der Waals surface area contributed by atoms with Crippen LogP contribution in [0.2, 0.25) is 5.02 Å². The molecule has 0 aliphatic rings. The number of carbonyl (C=O) groups excluding carboxylic acids is 1. The molecule has 0 atom stereocenters. The molecule has 0 radical (unpaired) electrons. The van der Waals surface area contributed by atoms with Crippen molar-refractivity contribution < 1.29 is 9.53 Å². The Bertz CT molecular complexity index is 1310. The summed E-state index contributed by atoms with van der Waals surface area (Å²) in [5.41, 5.74) is 3.99. The highest BCUT2D eigenvalue weighted by Gasteiger charge is 2.15. The van der Waals surface area contributed by atoms with E-state index in [1.165, 1.54) is 23.1 Å². The first-order chi connectivity index (χ1) is 16.9. The second-order valence-corrected chi connectivity index (χ2v) is 10.0. The number of anilines is 1. The topological polar surface area (TPSA) is 81.9 Å². The van der Waals surface area contributed by atoms with Crippen LogP contribution in [0.4, 0.5) is 5.13 Å². The number of ether oxygens (including phenoxy) is 1. The Morgan fingerprint density at radius 3 is 2.66 bits per heavy atom. The SMILES string of the molecule is C=CCn1c(COc2cc(C)cc(C)c2)nnc1SCC(=O)Nc1nc(-c2ccc(Cl)cc2)cs1. The molecule has 1 N–H and O–H groups in total.